The van der Waals surface area contributed by atoms with E-state index in [1.54, 1.807) is 37.3 Å². The van der Waals surface area contributed by atoms with Crippen molar-refractivity contribution in [3.05, 3.63) is 69.5 Å². The van der Waals surface area contributed by atoms with Crippen LogP contribution in [-0.2, 0) is 22.6 Å². The summed E-state index contributed by atoms with van der Waals surface area (Å²) in [4.78, 5) is 27.2. The van der Waals surface area contributed by atoms with Gasteiger partial charge in [0, 0.05) is 12.6 Å². The van der Waals surface area contributed by atoms with Gasteiger partial charge in [-0.15, -0.1) is 0 Å². The fraction of sp³-hybridized carbons (Fsp3) is 0.364. The van der Waals surface area contributed by atoms with Crippen LogP contribution in [0.4, 0.5) is 4.39 Å². The van der Waals surface area contributed by atoms with Crippen LogP contribution in [0.25, 0.3) is 0 Å². The molecule has 2 aromatic carbocycles. The van der Waals surface area contributed by atoms with Crippen LogP contribution in [-0.4, -0.2) is 28.8 Å². The molecule has 1 N–H and O–H groups in total. The van der Waals surface area contributed by atoms with Crippen molar-refractivity contribution in [1.29, 1.82) is 0 Å². The summed E-state index contributed by atoms with van der Waals surface area (Å²) in [5.41, 5.74) is 1.43. The molecule has 29 heavy (non-hydrogen) atoms. The van der Waals surface area contributed by atoms with Crippen LogP contribution in [0.15, 0.2) is 42.5 Å². The first-order valence-corrected chi connectivity index (χ1v) is 10.2. The van der Waals surface area contributed by atoms with Crippen LogP contribution < -0.4 is 5.32 Å². The first kappa shape index (κ1) is 23.2. The third kappa shape index (κ3) is 6.72. The Morgan fingerprint density at radius 3 is 2.24 bits per heavy atom. The highest BCUT2D eigenvalue weighted by molar-refractivity contribution is 6.42. The molecule has 0 bridgehead atoms. The van der Waals surface area contributed by atoms with Crippen molar-refractivity contribution in [3.63, 3.8) is 0 Å². The van der Waals surface area contributed by atoms with Gasteiger partial charge in [-0.1, -0.05) is 48.3 Å². The zero-order chi connectivity index (χ0) is 21.6. The Kier molecular flexibility index (Phi) is 8.47. The molecule has 0 saturated carbocycles. The van der Waals surface area contributed by atoms with E-state index in [1.807, 2.05) is 13.8 Å². The number of carbonyl (C=O) groups is 2. The third-order valence-corrected chi connectivity index (χ3v) is 5.51. The number of halogens is 3. The monoisotopic (exact) mass is 438 g/mol. The Hall–Kier alpha value is -2.11. The van der Waals surface area contributed by atoms with Crippen LogP contribution in [0, 0.1) is 5.82 Å². The molecular formula is C22H25Cl2FN2O2. The molecule has 0 aliphatic heterocycles. The van der Waals surface area contributed by atoms with Gasteiger partial charge < -0.3 is 10.2 Å². The smallest absolute Gasteiger partial charge is 0.242 e. The molecule has 0 unspecified atom stereocenters. The normalized spacial score (nSPS) is 12.9. The van der Waals surface area contributed by atoms with Gasteiger partial charge in [-0.3, -0.25) is 9.59 Å². The van der Waals surface area contributed by atoms with Gasteiger partial charge in [0.2, 0.25) is 11.8 Å². The number of nitrogens with zero attached hydrogens (tertiary/aromatic N) is 1. The van der Waals surface area contributed by atoms with E-state index in [4.69, 9.17) is 23.2 Å². The molecule has 0 fully saturated rings. The van der Waals surface area contributed by atoms with E-state index in [9.17, 15) is 14.0 Å². The number of carbonyl (C=O) groups excluding carboxylic acids is 2. The number of rotatable bonds is 8. The quantitative estimate of drug-likeness (QED) is 0.629. The van der Waals surface area contributed by atoms with Crippen molar-refractivity contribution in [2.75, 3.05) is 0 Å². The minimum Gasteiger partial charge on any atom is -0.352 e. The number of amides is 2. The van der Waals surface area contributed by atoms with E-state index in [0.29, 0.717) is 15.6 Å². The van der Waals surface area contributed by atoms with E-state index in [0.717, 1.165) is 12.0 Å². The standard InChI is InChI=1S/C22H25Cl2FN2O2/c1-4-14(2)26-22(29)15(3)27(13-16-5-8-18(25)9-6-16)21(28)12-17-7-10-19(23)20(24)11-17/h5-11,14-15H,4,12-13H2,1-3H3,(H,26,29)/t14-,15+/m0/s1. The van der Waals surface area contributed by atoms with Gasteiger partial charge in [0.15, 0.2) is 0 Å². The van der Waals surface area contributed by atoms with Crippen molar-refractivity contribution < 1.29 is 14.0 Å². The summed E-state index contributed by atoms with van der Waals surface area (Å²) >= 11 is 12.0. The van der Waals surface area contributed by atoms with Gasteiger partial charge in [-0.2, -0.15) is 0 Å². The second-order valence-corrected chi connectivity index (χ2v) is 7.88. The lowest BCUT2D eigenvalue weighted by Gasteiger charge is -2.30. The van der Waals surface area contributed by atoms with Crippen molar-refractivity contribution in [1.82, 2.24) is 10.2 Å². The lowest BCUT2D eigenvalue weighted by Crippen LogP contribution is -2.49. The van der Waals surface area contributed by atoms with Gasteiger partial charge in [-0.25, -0.2) is 4.39 Å². The van der Waals surface area contributed by atoms with Crippen molar-refractivity contribution in [2.24, 2.45) is 0 Å². The lowest BCUT2D eigenvalue weighted by molar-refractivity contribution is -0.140. The number of nitrogens with one attached hydrogen (secondary N) is 1. The lowest BCUT2D eigenvalue weighted by atomic mass is 10.1. The predicted octanol–water partition coefficient (Wildman–Crippen LogP) is 5.01. The molecule has 2 amide bonds. The maximum Gasteiger partial charge on any atom is 0.242 e. The first-order chi connectivity index (χ1) is 13.7. The van der Waals surface area contributed by atoms with E-state index in [-0.39, 0.29) is 36.6 Å². The maximum absolute atomic E-state index is 13.2. The topological polar surface area (TPSA) is 49.4 Å². The minimum absolute atomic E-state index is 0.00259. The Morgan fingerprint density at radius 2 is 1.66 bits per heavy atom. The molecule has 7 heteroatoms. The summed E-state index contributed by atoms with van der Waals surface area (Å²) in [5.74, 6) is -0.825. The van der Waals surface area contributed by atoms with E-state index >= 15 is 0 Å². The van der Waals surface area contributed by atoms with Crippen molar-refractivity contribution in [3.8, 4) is 0 Å². The zero-order valence-electron chi connectivity index (χ0n) is 16.7. The molecule has 0 radical (unpaired) electrons. The largest absolute Gasteiger partial charge is 0.352 e. The maximum atomic E-state index is 13.2. The van der Waals surface area contributed by atoms with Gasteiger partial charge in [0.25, 0.3) is 0 Å². The van der Waals surface area contributed by atoms with Crippen molar-refractivity contribution in [2.45, 2.75) is 52.2 Å². The highest BCUT2D eigenvalue weighted by atomic mass is 35.5. The van der Waals surface area contributed by atoms with E-state index < -0.39 is 6.04 Å². The van der Waals surface area contributed by atoms with Gasteiger partial charge in [0.05, 0.1) is 16.5 Å². The summed E-state index contributed by atoms with van der Waals surface area (Å²) in [6, 6.07) is 10.2. The molecule has 156 valence electrons. The second-order valence-electron chi connectivity index (χ2n) is 7.07. The summed E-state index contributed by atoms with van der Waals surface area (Å²) < 4.78 is 13.2. The fourth-order valence-electron chi connectivity index (χ4n) is 2.76. The highest BCUT2D eigenvalue weighted by Gasteiger charge is 2.27. The number of hydrogen-bond donors (Lipinski definition) is 1. The fourth-order valence-corrected chi connectivity index (χ4v) is 3.08. The van der Waals surface area contributed by atoms with Gasteiger partial charge in [-0.05, 0) is 55.7 Å². The molecule has 2 atom stereocenters. The minimum atomic E-state index is -0.690. The van der Waals surface area contributed by atoms with Crippen LogP contribution in [0.2, 0.25) is 10.0 Å². The third-order valence-electron chi connectivity index (χ3n) is 4.77. The van der Waals surface area contributed by atoms with Crippen LogP contribution in [0.5, 0.6) is 0 Å². The molecular weight excluding hydrogens is 414 g/mol. The molecule has 0 saturated heterocycles. The zero-order valence-corrected chi connectivity index (χ0v) is 18.2. The van der Waals surface area contributed by atoms with Gasteiger partial charge in [0.1, 0.15) is 11.9 Å². The Morgan fingerprint density at radius 1 is 1.03 bits per heavy atom. The Labute approximate surface area is 181 Å². The number of benzene rings is 2. The van der Waals surface area contributed by atoms with E-state index in [1.165, 1.54) is 17.0 Å². The molecule has 4 nitrogen and oxygen atoms in total. The van der Waals surface area contributed by atoms with E-state index in [2.05, 4.69) is 5.32 Å². The second kappa shape index (κ2) is 10.6. The average molecular weight is 439 g/mol. The first-order valence-electron chi connectivity index (χ1n) is 9.49. The molecule has 2 aromatic rings. The predicted molar refractivity (Wildman–Crippen MR) is 114 cm³/mol. The molecule has 2 rings (SSSR count). The van der Waals surface area contributed by atoms with Gasteiger partial charge >= 0.3 is 0 Å². The van der Waals surface area contributed by atoms with Crippen LogP contribution in [0.1, 0.15) is 38.3 Å². The average Bonchev–Trinajstić information content (AvgIpc) is 2.69. The molecule has 0 aliphatic rings. The summed E-state index contributed by atoms with van der Waals surface area (Å²) in [7, 11) is 0. The molecule has 0 aliphatic carbocycles. The molecule has 0 aromatic heterocycles. The van der Waals surface area contributed by atoms with Crippen LogP contribution in [0.3, 0.4) is 0 Å². The highest BCUT2D eigenvalue weighted by Crippen LogP contribution is 2.23. The molecule has 0 heterocycles. The Balaban J connectivity index is 2.23. The molecule has 0 spiro atoms. The van der Waals surface area contributed by atoms with Crippen molar-refractivity contribution >= 4 is 35.0 Å². The van der Waals surface area contributed by atoms with Crippen LogP contribution >= 0.6 is 23.2 Å². The Bertz CT molecular complexity index is 858. The summed E-state index contributed by atoms with van der Waals surface area (Å²) in [6.45, 7) is 5.76. The SMILES string of the molecule is CC[C@H](C)NC(=O)[C@@H](C)N(Cc1ccc(F)cc1)C(=O)Cc1ccc(Cl)c(Cl)c1. The summed E-state index contributed by atoms with van der Waals surface area (Å²) in [6.07, 6.45) is 0.854. The summed E-state index contributed by atoms with van der Waals surface area (Å²) in [5, 5.41) is 3.68. The number of hydrogen-bond acceptors (Lipinski definition) is 2.